The van der Waals surface area contributed by atoms with Gasteiger partial charge in [-0.3, -0.25) is 0 Å². The van der Waals surface area contributed by atoms with Crippen LogP contribution in [-0.2, 0) is 10.2 Å². The molecule has 30 heavy (non-hydrogen) atoms. The van der Waals surface area contributed by atoms with Crippen molar-refractivity contribution in [3.8, 4) is 48.2 Å². The Labute approximate surface area is 180 Å². The van der Waals surface area contributed by atoms with Gasteiger partial charge in [0.2, 0.25) is 0 Å². The van der Waals surface area contributed by atoms with Gasteiger partial charge in [0.1, 0.15) is 12.4 Å². The predicted molar refractivity (Wildman–Crippen MR) is 125 cm³/mol. The van der Waals surface area contributed by atoms with Gasteiger partial charge in [0.25, 0.3) is 0 Å². The molecular formula is C29H24O. The van der Waals surface area contributed by atoms with E-state index < -0.39 is 0 Å². The number of rotatable bonds is 6. The summed E-state index contributed by atoms with van der Waals surface area (Å²) in [6, 6.07) is 17.0. The Morgan fingerprint density at radius 3 is 2.03 bits per heavy atom. The van der Waals surface area contributed by atoms with Crippen LogP contribution in [0.3, 0.4) is 0 Å². The van der Waals surface area contributed by atoms with Gasteiger partial charge in [-0.15, -0.1) is 19.3 Å². The van der Waals surface area contributed by atoms with Gasteiger partial charge in [-0.25, -0.2) is 0 Å². The maximum Gasteiger partial charge on any atom is 0.148 e. The average Bonchev–Trinajstić information content (AvgIpc) is 3.04. The molecule has 0 aromatic heterocycles. The Morgan fingerprint density at radius 1 is 1.00 bits per heavy atom. The summed E-state index contributed by atoms with van der Waals surface area (Å²) in [5, 5.41) is 0. The zero-order valence-corrected chi connectivity index (χ0v) is 17.5. The van der Waals surface area contributed by atoms with Gasteiger partial charge in [-0.1, -0.05) is 85.9 Å². The van der Waals surface area contributed by atoms with Crippen LogP contribution < -0.4 is 0 Å². The Hall–Kier alpha value is -3.86. The summed E-state index contributed by atoms with van der Waals surface area (Å²) in [4.78, 5) is 0. The van der Waals surface area contributed by atoms with Crippen LogP contribution in [0.15, 0.2) is 83.7 Å². The number of allylic oxidation sites excluding steroid dienone is 4. The fourth-order valence-corrected chi connectivity index (χ4v) is 4.23. The predicted octanol–water partition coefficient (Wildman–Crippen LogP) is 6.04. The molecule has 0 saturated heterocycles. The molecule has 0 aliphatic heterocycles. The average molecular weight is 389 g/mol. The molecule has 1 aliphatic rings. The molecule has 1 nitrogen and oxygen atoms in total. The summed E-state index contributed by atoms with van der Waals surface area (Å²) < 4.78 is 5.77. The Kier molecular flexibility index (Phi) is 6.02. The minimum absolute atomic E-state index is 0.0902. The second kappa shape index (κ2) is 8.66. The summed E-state index contributed by atoms with van der Waals surface area (Å²) in [7, 11) is 0. The first kappa shape index (κ1) is 20.9. The van der Waals surface area contributed by atoms with E-state index >= 15 is 0 Å². The van der Waals surface area contributed by atoms with E-state index in [1.807, 2.05) is 0 Å². The van der Waals surface area contributed by atoms with Crippen molar-refractivity contribution < 1.29 is 4.74 Å². The van der Waals surface area contributed by atoms with Crippen LogP contribution in [-0.4, -0.2) is 6.61 Å². The molecule has 0 atom stereocenters. The van der Waals surface area contributed by atoms with E-state index in [4.69, 9.17) is 24.0 Å². The number of ether oxygens (including phenoxy) is 1. The molecule has 0 radical (unpaired) electrons. The fourth-order valence-electron chi connectivity index (χ4n) is 4.23. The quantitative estimate of drug-likeness (QED) is 0.333. The van der Waals surface area contributed by atoms with Crippen molar-refractivity contribution in [1.82, 2.24) is 0 Å². The molecule has 2 aromatic rings. The lowest BCUT2D eigenvalue weighted by molar-refractivity contribution is 0.261. The van der Waals surface area contributed by atoms with E-state index in [9.17, 15) is 0 Å². The molecule has 2 aromatic carbocycles. The van der Waals surface area contributed by atoms with Crippen molar-refractivity contribution in [2.75, 3.05) is 6.61 Å². The van der Waals surface area contributed by atoms with Gasteiger partial charge >= 0.3 is 0 Å². The Balaban J connectivity index is 2.20. The molecule has 0 saturated carbocycles. The molecule has 1 aliphatic carbocycles. The van der Waals surface area contributed by atoms with E-state index in [0.717, 1.165) is 5.57 Å². The van der Waals surface area contributed by atoms with Crippen molar-refractivity contribution in [2.24, 2.45) is 0 Å². The maximum atomic E-state index is 5.93. The number of benzene rings is 2. The number of hydrogen-bond acceptors (Lipinski definition) is 1. The lowest BCUT2D eigenvalue weighted by Gasteiger charge is -2.29. The van der Waals surface area contributed by atoms with Crippen LogP contribution in [0.4, 0.5) is 0 Å². The third kappa shape index (κ3) is 3.46. The van der Waals surface area contributed by atoms with Crippen LogP contribution in [0.1, 0.15) is 31.4 Å². The number of terminal acetylenes is 3. The van der Waals surface area contributed by atoms with Crippen molar-refractivity contribution in [3.05, 3.63) is 94.8 Å². The fraction of sp³-hybridized carbons (Fsp3) is 0.172. The topological polar surface area (TPSA) is 9.23 Å². The number of hydrogen-bond donors (Lipinski definition) is 0. The monoisotopic (exact) mass is 388 g/mol. The lowest BCUT2D eigenvalue weighted by atomic mass is 9.74. The normalized spacial score (nSPS) is 14.6. The second-order valence-electron chi connectivity index (χ2n) is 7.44. The van der Waals surface area contributed by atoms with Gasteiger partial charge in [0.05, 0.1) is 5.57 Å². The van der Waals surface area contributed by atoms with Crippen LogP contribution in [0.25, 0.3) is 11.1 Å². The smallest absolute Gasteiger partial charge is 0.148 e. The van der Waals surface area contributed by atoms with Gasteiger partial charge < -0.3 is 4.74 Å². The van der Waals surface area contributed by atoms with Crippen molar-refractivity contribution in [3.63, 3.8) is 0 Å². The van der Waals surface area contributed by atoms with Crippen LogP contribution >= 0.6 is 0 Å². The van der Waals surface area contributed by atoms with Crippen LogP contribution in [0, 0.1) is 37.0 Å². The zero-order chi connectivity index (χ0) is 21.7. The third-order valence-electron chi connectivity index (χ3n) is 5.67. The summed E-state index contributed by atoms with van der Waals surface area (Å²) >= 11 is 0. The third-order valence-corrected chi connectivity index (χ3v) is 5.67. The van der Waals surface area contributed by atoms with E-state index in [-0.39, 0.29) is 12.0 Å². The molecule has 1 heteroatoms. The van der Waals surface area contributed by atoms with Gasteiger partial charge in [0.15, 0.2) is 0 Å². The first-order valence-corrected chi connectivity index (χ1v) is 9.77. The molecule has 0 bridgehead atoms. The summed E-state index contributed by atoms with van der Waals surface area (Å²) in [5.74, 6) is 8.35. The summed E-state index contributed by atoms with van der Waals surface area (Å²) in [6.45, 7) is 8.17. The molecule has 0 spiro atoms. The largest absolute Gasteiger partial charge is 0.479 e. The van der Waals surface area contributed by atoms with Crippen LogP contribution in [0.5, 0.6) is 0 Å². The highest BCUT2D eigenvalue weighted by molar-refractivity contribution is 5.81. The highest BCUT2D eigenvalue weighted by atomic mass is 16.5. The highest BCUT2D eigenvalue weighted by Gasteiger charge is 2.39. The standard InChI is InChI=1S/C29H24O/c1-7-19-30-28(21(5)8-2)23(10-4)22(9-3)20-29(6)26-17-13-11-15-24(26)25-16-12-14-18-27(25)29/h1-2,4,9,11-18H,3,19-20H2,5-6H3/b23-22+,28-21-. The van der Waals surface area contributed by atoms with E-state index in [1.54, 1.807) is 13.0 Å². The van der Waals surface area contributed by atoms with Crippen molar-refractivity contribution in [2.45, 2.75) is 25.7 Å². The van der Waals surface area contributed by atoms with Gasteiger partial charge in [-0.05, 0) is 41.2 Å². The SMILES string of the molecule is C#CCOC(=C(/C)C#C)/C(C#C)=C(\C=C)CC1(C)c2ccccc2-c2ccccc21. The first-order chi connectivity index (χ1) is 14.5. The zero-order valence-electron chi connectivity index (χ0n) is 17.5. The van der Waals surface area contributed by atoms with E-state index in [0.29, 0.717) is 23.3 Å². The molecule has 146 valence electrons. The van der Waals surface area contributed by atoms with Gasteiger partial charge in [0, 0.05) is 11.0 Å². The number of fused-ring (bicyclic) bond motifs is 3. The van der Waals surface area contributed by atoms with Crippen molar-refractivity contribution in [1.29, 1.82) is 0 Å². The molecule has 0 amide bonds. The van der Waals surface area contributed by atoms with E-state index in [2.05, 4.69) is 79.8 Å². The molecule has 0 N–H and O–H groups in total. The van der Waals surface area contributed by atoms with Crippen molar-refractivity contribution >= 4 is 0 Å². The lowest BCUT2D eigenvalue weighted by Crippen LogP contribution is -2.22. The van der Waals surface area contributed by atoms with Crippen LogP contribution in [0.2, 0.25) is 0 Å². The molecule has 3 rings (SSSR count). The highest BCUT2D eigenvalue weighted by Crippen LogP contribution is 2.52. The minimum atomic E-state index is -0.264. The molecular weight excluding hydrogens is 364 g/mol. The van der Waals surface area contributed by atoms with E-state index in [1.165, 1.54) is 22.3 Å². The second-order valence-corrected chi connectivity index (χ2v) is 7.44. The van der Waals surface area contributed by atoms with Gasteiger partial charge in [-0.2, -0.15) is 0 Å². The first-order valence-electron chi connectivity index (χ1n) is 9.77. The summed E-state index contributed by atoms with van der Waals surface area (Å²) in [5.41, 5.74) is 6.87. The minimum Gasteiger partial charge on any atom is -0.479 e. The maximum absolute atomic E-state index is 5.93. The molecule has 0 fully saturated rings. The Bertz CT molecular complexity index is 1140. The Morgan fingerprint density at radius 2 is 1.57 bits per heavy atom. The molecule has 0 heterocycles. The summed E-state index contributed by atoms with van der Waals surface area (Å²) in [6.07, 6.45) is 19.4. The molecule has 0 unspecified atom stereocenters.